The first-order valence-electron chi connectivity index (χ1n) is 10.7. The van der Waals surface area contributed by atoms with E-state index in [1.165, 1.54) is 23.5 Å². The van der Waals surface area contributed by atoms with Crippen LogP contribution in [0.2, 0.25) is 0 Å². The summed E-state index contributed by atoms with van der Waals surface area (Å²) in [6, 6.07) is 20.2. The van der Waals surface area contributed by atoms with Crippen molar-refractivity contribution in [2.75, 3.05) is 9.96 Å². The smallest absolute Gasteiger partial charge is 0.266 e. The van der Waals surface area contributed by atoms with E-state index in [4.69, 9.17) is 9.25 Å². The van der Waals surface area contributed by atoms with Crippen molar-refractivity contribution in [2.45, 2.75) is 12.1 Å². The van der Waals surface area contributed by atoms with Crippen molar-refractivity contribution in [1.29, 1.82) is 0 Å². The number of rotatable bonds is 3. The van der Waals surface area contributed by atoms with Crippen LogP contribution in [0.3, 0.4) is 0 Å². The van der Waals surface area contributed by atoms with Gasteiger partial charge in [-0.05, 0) is 42.5 Å². The molecular formula is C26H17FN2O5. The molecule has 2 aliphatic heterocycles. The van der Waals surface area contributed by atoms with Gasteiger partial charge in [-0.3, -0.25) is 19.2 Å². The lowest BCUT2D eigenvalue weighted by atomic mass is 9.91. The fourth-order valence-corrected chi connectivity index (χ4v) is 4.68. The van der Waals surface area contributed by atoms with Gasteiger partial charge in [-0.25, -0.2) is 14.4 Å². The number of anilines is 2. The minimum atomic E-state index is -1.12. The number of carbonyl (C=O) groups excluding carboxylic acids is 2. The normalized spacial score (nSPS) is 22.0. The Kier molecular flexibility index (Phi) is 4.56. The van der Waals surface area contributed by atoms with Gasteiger partial charge >= 0.3 is 0 Å². The minimum absolute atomic E-state index is 0.0469. The summed E-state index contributed by atoms with van der Waals surface area (Å²) in [6.07, 6.45) is 0.137. The van der Waals surface area contributed by atoms with Crippen LogP contribution in [-0.2, 0) is 14.4 Å². The molecule has 0 N–H and O–H groups in total. The molecule has 168 valence electrons. The van der Waals surface area contributed by atoms with E-state index in [-0.39, 0.29) is 16.5 Å². The topological polar surface area (TPSA) is 80.1 Å². The summed E-state index contributed by atoms with van der Waals surface area (Å²) in [6.45, 7) is 0. The second-order valence-electron chi connectivity index (χ2n) is 8.17. The van der Waals surface area contributed by atoms with E-state index in [9.17, 15) is 18.8 Å². The molecule has 0 radical (unpaired) electrons. The molecule has 8 heteroatoms. The van der Waals surface area contributed by atoms with Crippen molar-refractivity contribution >= 4 is 34.2 Å². The van der Waals surface area contributed by atoms with Crippen LogP contribution in [0.25, 0.3) is 11.0 Å². The highest BCUT2D eigenvalue weighted by Crippen LogP contribution is 2.47. The SMILES string of the molecule is O=C1[C@H]2[C@@H](c3coc4ccc(F)cc4c3=O)N(c3ccccc3)O[C@H]2C(=O)N1c1ccccc1. The Morgan fingerprint density at radius 2 is 1.47 bits per heavy atom. The number of benzene rings is 3. The summed E-state index contributed by atoms with van der Waals surface area (Å²) >= 11 is 0. The first-order chi connectivity index (χ1) is 16.5. The molecule has 3 heterocycles. The lowest BCUT2D eigenvalue weighted by Gasteiger charge is -2.28. The number of hydrogen-bond donors (Lipinski definition) is 0. The van der Waals surface area contributed by atoms with Gasteiger partial charge in [0.2, 0.25) is 5.91 Å². The predicted molar refractivity (Wildman–Crippen MR) is 121 cm³/mol. The van der Waals surface area contributed by atoms with Crippen LogP contribution < -0.4 is 15.4 Å². The van der Waals surface area contributed by atoms with Crippen LogP contribution in [-0.4, -0.2) is 17.9 Å². The highest BCUT2D eigenvalue weighted by molar-refractivity contribution is 6.23. The number of hydrogen-bond acceptors (Lipinski definition) is 6. The highest BCUT2D eigenvalue weighted by Gasteiger charge is 2.61. The molecule has 2 amide bonds. The third kappa shape index (κ3) is 2.96. The average molecular weight is 456 g/mol. The molecule has 0 saturated carbocycles. The third-order valence-corrected chi connectivity index (χ3v) is 6.22. The fraction of sp³-hybridized carbons (Fsp3) is 0.115. The zero-order valence-electron chi connectivity index (χ0n) is 17.6. The molecule has 0 spiro atoms. The minimum Gasteiger partial charge on any atom is -0.464 e. The molecule has 3 atom stereocenters. The highest BCUT2D eigenvalue weighted by atomic mass is 19.1. The molecule has 1 aromatic heterocycles. The van der Waals surface area contributed by atoms with Crippen molar-refractivity contribution in [3.8, 4) is 0 Å². The van der Waals surface area contributed by atoms with Gasteiger partial charge in [0, 0.05) is 0 Å². The Labute approximate surface area is 192 Å². The van der Waals surface area contributed by atoms with E-state index in [0.717, 1.165) is 11.0 Å². The van der Waals surface area contributed by atoms with Crippen molar-refractivity contribution in [3.05, 3.63) is 107 Å². The van der Waals surface area contributed by atoms with Crippen molar-refractivity contribution in [3.63, 3.8) is 0 Å². The maximum atomic E-state index is 13.9. The van der Waals surface area contributed by atoms with Gasteiger partial charge in [0.1, 0.15) is 29.6 Å². The van der Waals surface area contributed by atoms with Gasteiger partial charge in [0.15, 0.2) is 11.5 Å². The molecule has 7 nitrogen and oxygen atoms in total. The molecule has 2 saturated heterocycles. The number of para-hydroxylation sites is 2. The Balaban J connectivity index is 1.52. The van der Waals surface area contributed by atoms with Gasteiger partial charge in [-0.1, -0.05) is 36.4 Å². The third-order valence-electron chi connectivity index (χ3n) is 6.22. The lowest BCUT2D eigenvalue weighted by molar-refractivity contribution is -0.126. The van der Waals surface area contributed by atoms with Gasteiger partial charge in [0.05, 0.1) is 22.3 Å². The molecule has 2 fully saturated rings. The van der Waals surface area contributed by atoms with Crippen LogP contribution >= 0.6 is 0 Å². The van der Waals surface area contributed by atoms with Crippen molar-refractivity contribution in [1.82, 2.24) is 0 Å². The Morgan fingerprint density at radius 3 is 2.18 bits per heavy atom. The van der Waals surface area contributed by atoms with Crippen molar-refractivity contribution < 1.29 is 23.2 Å². The Hall–Kier alpha value is -4.30. The molecule has 2 aliphatic rings. The molecule has 0 unspecified atom stereocenters. The molecule has 34 heavy (non-hydrogen) atoms. The number of amides is 2. The summed E-state index contributed by atoms with van der Waals surface area (Å²) in [4.78, 5) is 47.5. The standard InChI is InChI=1S/C26H17FN2O5/c27-15-11-12-20-18(13-15)23(30)19(14-33-20)22-21-24(34-29(22)17-9-5-2-6-10-17)26(32)28(25(21)31)16-7-3-1-4-8-16/h1-14,21-22,24H/t21-,22+,24+/m0/s1. The van der Waals surface area contributed by atoms with E-state index in [0.29, 0.717) is 11.4 Å². The zero-order valence-corrected chi connectivity index (χ0v) is 17.6. The van der Waals surface area contributed by atoms with Gasteiger partial charge in [-0.2, -0.15) is 0 Å². The second-order valence-corrected chi connectivity index (χ2v) is 8.17. The number of hydroxylamine groups is 1. The van der Waals surface area contributed by atoms with Crippen molar-refractivity contribution in [2.24, 2.45) is 5.92 Å². The van der Waals surface area contributed by atoms with Crippen LogP contribution in [0.5, 0.6) is 0 Å². The van der Waals surface area contributed by atoms with Crippen LogP contribution in [0.4, 0.5) is 15.8 Å². The zero-order chi connectivity index (χ0) is 23.4. The van der Waals surface area contributed by atoms with E-state index >= 15 is 0 Å². The largest absolute Gasteiger partial charge is 0.464 e. The number of fused-ring (bicyclic) bond motifs is 2. The number of imide groups is 1. The molecule has 0 bridgehead atoms. The Morgan fingerprint density at radius 1 is 0.794 bits per heavy atom. The summed E-state index contributed by atoms with van der Waals surface area (Å²) < 4.78 is 19.6. The Bertz CT molecular complexity index is 1490. The van der Waals surface area contributed by atoms with E-state index in [2.05, 4.69) is 0 Å². The van der Waals surface area contributed by atoms with Gasteiger partial charge in [0.25, 0.3) is 5.91 Å². The maximum Gasteiger partial charge on any atom is 0.266 e. The van der Waals surface area contributed by atoms with Crippen LogP contribution in [0.15, 0.2) is 94.3 Å². The summed E-state index contributed by atoms with van der Waals surface area (Å²) in [5, 5.41) is 1.45. The van der Waals surface area contributed by atoms with Crippen LogP contribution in [0, 0.1) is 11.7 Å². The molecule has 4 aromatic rings. The second kappa shape index (κ2) is 7.64. The van der Waals surface area contributed by atoms with E-state index in [1.54, 1.807) is 54.6 Å². The first kappa shape index (κ1) is 20.3. The predicted octanol–water partition coefficient (Wildman–Crippen LogP) is 3.98. The van der Waals surface area contributed by atoms with E-state index in [1.807, 2.05) is 6.07 Å². The summed E-state index contributed by atoms with van der Waals surface area (Å²) in [5.41, 5.74) is 0.817. The van der Waals surface area contributed by atoms with Gasteiger partial charge in [-0.15, -0.1) is 0 Å². The fourth-order valence-electron chi connectivity index (χ4n) is 4.68. The summed E-state index contributed by atoms with van der Waals surface area (Å²) in [7, 11) is 0. The van der Waals surface area contributed by atoms with E-state index < -0.39 is 41.1 Å². The average Bonchev–Trinajstić information content (AvgIpc) is 3.36. The van der Waals surface area contributed by atoms with Gasteiger partial charge < -0.3 is 4.42 Å². The molecular weight excluding hydrogens is 439 g/mol. The molecule has 3 aromatic carbocycles. The summed E-state index contributed by atoms with van der Waals surface area (Å²) in [5.74, 6) is -2.58. The number of nitrogens with zero attached hydrogens (tertiary/aromatic N) is 2. The maximum absolute atomic E-state index is 13.9. The quantitative estimate of drug-likeness (QED) is 0.434. The monoisotopic (exact) mass is 456 g/mol. The number of halogens is 1. The first-order valence-corrected chi connectivity index (χ1v) is 10.7. The van der Waals surface area contributed by atoms with Crippen LogP contribution in [0.1, 0.15) is 11.6 Å². The molecule has 6 rings (SSSR count). The lowest BCUT2D eigenvalue weighted by Crippen LogP contribution is -2.38. The number of carbonyl (C=O) groups is 2. The molecule has 0 aliphatic carbocycles.